The van der Waals surface area contributed by atoms with Gasteiger partial charge in [-0.05, 0) is 26.0 Å². The van der Waals surface area contributed by atoms with Crippen LogP contribution in [-0.4, -0.2) is 74.9 Å². The Kier molecular flexibility index (Phi) is 7.62. The second-order valence-corrected chi connectivity index (χ2v) is 12.2. The fourth-order valence-corrected chi connectivity index (χ4v) is 5.46. The van der Waals surface area contributed by atoms with E-state index in [2.05, 4.69) is 10.6 Å². The van der Waals surface area contributed by atoms with Crippen molar-refractivity contribution in [3.63, 3.8) is 0 Å². The maximum absolute atomic E-state index is 12.6. The van der Waals surface area contributed by atoms with Crippen molar-refractivity contribution in [3.8, 4) is 0 Å². The van der Waals surface area contributed by atoms with Crippen molar-refractivity contribution in [1.82, 2.24) is 10.2 Å². The van der Waals surface area contributed by atoms with Crippen LogP contribution in [0.4, 0.5) is 5.69 Å². The van der Waals surface area contributed by atoms with Crippen LogP contribution < -0.4 is 10.6 Å². The van der Waals surface area contributed by atoms with Crippen LogP contribution in [0.2, 0.25) is 0 Å². The maximum atomic E-state index is 12.6. The number of para-hydroxylation sites is 1. The molecule has 0 aliphatic carbocycles. The molecule has 2 heterocycles. The molecule has 3 atom stereocenters. The number of ether oxygens (including phenoxy) is 2. The first-order valence-corrected chi connectivity index (χ1v) is 11.8. The summed E-state index contributed by atoms with van der Waals surface area (Å²) in [5.41, 5.74) is 0.491. The highest BCUT2D eigenvalue weighted by atomic mass is 35.6. The third-order valence-electron chi connectivity index (χ3n) is 5.14. The van der Waals surface area contributed by atoms with Crippen LogP contribution in [0.25, 0.3) is 0 Å². The standard InChI is InChI=1S/C20H22Cl3N3O6S/c1-19(2)14(18(30)31-3)26-15(28)13(16(26)33-19)25-12(27)8-24-11-7-5-4-6-10(11)17(29)32-9-20(21,22)23/h4-7,13-14,16,24H,8-9H2,1-3H3,(H,25,27)/t13?,14?,16-/m1/s1. The van der Waals surface area contributed by atoms with E-state index in [1.54, 1.807) is 18.2 Å². The molecule has 33 heavy (non-hydrogen) atoms. The number of fused-ring (bicyclic) bond motifs is 1. The third-order valence-corrected chi connectivity index (χ3v) is 7.03. The van der Waals surface area contributed by atoms with Crippen molar-refractivity contribution in [1.29, 1.82) is 0 Å². The Labute approximate surface area is 209 Å². The monoisotopic (exact) mass is 537 g/mol. The van der Waals surface area contributed by atoms with Crippen LogP contribution in [0.3, 0.4) is 0 Å². The molecule has 0 bridgehead atoms. The van der Waals surface area contributed by atoms with Gasteiger partial charge in [0, 0.05) is 10.4 Å². The molecule has 3 rings (SSSR count). The second-order valence-electron chi connectivity index (χ2n) is 7.92. The van der Waals surface area contributed by atoms with Gasteiger partial charge in [0.1, 0.15) is 24.1 Å². The van der Waals surface area contributed by atoms with E-state index in [1.807, 2.05) is 13.8 Å². The summed E-state index contributed by atoms with van der Waals surface area (Å²) in [7, 11) is 1.27. The molecule has 2 aliphatic rings. The zero-order chi connectivity index (χ0) is 24.6. The number of β-lactam (4-membered cyclic amide) rings is 1. The van der Waals surface area contributed by atoms with E-state index in [1.165, 1.54) is 29.8 Å². The largest absolute Gasteiger partial charge is 0.467 e. The molecule has 2 fully saturated rings. The molecular weight excluding hydrogens is 517 g/mol. The van der Waals surface area contributed by atoms with Crippen LogP contribution in [-0.2, 0) is 23.9 Å². The highest BCUT2D eigenvalue weighted by molar-refractivity contribution is 8.01. The summed E-state index contributed by atoms with van der Waals surface area (Å²) >= 11 is 18.2. The van der Waals surface area contributed by atoms with Gasteiger partial charge in [0.15, 0.2) is 0 Å². The number of halogens is 3. The van der Waals surface area contributed by atoms with Crippen molar-refractivity contribution < 1.29 is 28.7 Å². The first-order valence-electron chi connectivity index (χ1n) is 9.79. The molecule has 0 saturated carbocycles. The Hall–Kier alpha value is -1.88. The summed E-state index contributed by atoms with van der Waals surface area (Å²) in [5, 5.41) is 5.17. The normalized spacial score (nSPS) is 23.3. The average molecular weight is 539 g/mol. The van der Waals surface area contributed by atoms with Crippen molar-refractivity contribution in [2.24, 2.45) is 0 Å². The lowest BCUT2D eigenvalue weighted by atomic mass is 9.96. The van der Waals surface area contributed by atoms with E-state index in [0.29, 0.717) is 5.69 Å². The number of nitrogens with zero attached hydrogens (tertiary/aromatic N) is 1. The van der Waals surface area contributed by atoms with Crippen molar-refractivity contribution in [2.45, 2.75) is 39.8 Å². The summed E-state index contributed by atoms with van der Waals surface area (Å²) in [5.74, 6) is -2.03. The van der Waals surface area contributed by atoms with Gasteiger partial charge >= 0.3 is 11.9 Å². The van der Waals surface area contributed by atoms with Crippen molar-refractivity contribution in [2.75, 3.05) is 25.6 Å². The minimum absolute atomic E-state index is 0.152. The SMILES string of the molecule is COC(=O)C1N2C(=O)C(NC(=O)CNc3ccccc3C(=O)OCC(Cl)(Cl)Cl)[C@H]2SC1(C)C. The van der Waals surface area contributed by atoms with Gasteiger partial charge in [-0.1, -0.05) is 46.9 Å². The fourth-order valence-electron chi connectivity index (χ4n) is 3.68. The number of methoxy groups -OCH3 is 1. The predicted molar refractivity (Wildman–Crippen MR) is 126 cm³/mol. The lowest BCUT2D eigenvalue weighted by Gasteiger charge is -2.43. The number of benzene rings is 1. The number of rotatable bonds is 7. The molecular formula is C20H22Cl3N3O6S. The lowest BCUT2D eigenvalue weighted by molar-refractivity contribution is -0.162. The number of carbonyl (C=O) groups excluding carboxylic acids is 4. The molecule has 13 heteroatoms. The van der Waals surface area contributed by atoms with E-state index in [4.69, 9.17) is 44.3 Å². The molecule has 1 aromatic rings. The van der Waals surface area contributed by atoms with Gasteiger partial charge in [-0.25, -0.2) is 9.59 Å². The van der Waals surface area contributed by atoms with Gasteiger partial charge < -0.3 is 25.0 Å². The van der Waals surface area contributed by atoms with Crippen LogP contribution in [0.1, 0.15) is 24.2 Å². The number of alkyl halides is 3. The smallest absolute Gasteiger partial charge is 0.340 e. The zero-order valence-corrected chi connectivity index (χ0v) is 21.0. The number of hydrogen-bond donors (Lipinski definition) is 2. The number of nitrogens with one attached hydrogen (secondary N) is 2. The lowest BCUT2D eigenvalue weighted by Crippen LogP contribution is -2.71. The second kappa shape index (κ2) is 9.77. The minimum Gasteiger partial charge on any atom is -0.467 e. The minimum atomic E-state index is -1.75. The quantitative estimate of drug-likeness (QED) is 0.309. The van der Waals surface area contributed by atoms with Crippen molar-refractivity contribution in [3.05, 3.63) is 29.8 Å². The van der Waals surface area contributed by atoms with Gasteiger partial charge in [-0.2, -0.15) is 0 Å². The van der Waals surface area contributed by atoms with Gasteiger partial charge in [0.25, 0.3) is 0 Å². The van der Waals surface area contributed by atoms with E-state index < -0.39 is 45.1 Å². The summed E-state index contributed by atoms with van der Waals surface area (Å²) < 4.78 is 7.51. The predicted octanol–water partition coefficient (Wildman–Crippen LogP) is 2.35. The highest BCUT2D eigenvalue weighted by Gasteiger charge is 2.64. The molecule has 2 saturated heterocycles. The number of hydrogen-bond acceptors (Lipinski definition) is 8. The first kappa shape index (κ1) is 25.7. The fraction of sp³-hybridized carbons (Fsp3) is 0.500. The number of amides is 2. The van der Waals surface area contributed by atoms with Crippen LogP contribution in [0, 0.1) is 0 Å². The zero-order valence-electron chi connectivity index (χ0n) is 17.9. The molecule has 0 aromatic heterocycles. The van der Waals surface area contributed by atoms with Gasteiger partial charge in [-0.15, -0.1) is 11.8 Å². The van der Waals surface area contributed by atoms with Crippen LogP contribution >= 0.6 is 46.6 Å². The van der Waals surface area contributed by atoms with E-state index in [0.717, 1.165) is 0 Å². The number of esters is 2. The molecule has 180 valence electrons. The molecule has 2 N–H and O–H groups in total. The molecule has 1 aromatic carbocycles. The molecule has 2 aliphatic heterocycles. The molecule has 2 amide bonds. The average Bonchev–Trinajstić information content (AvgIpc) is 3.01. The Morgan fingerprint density at radius 3 is 2.52 bits per heavy atom. The summed E-state index contributed by atoms with van der Waals surface area (Å²) in [4.78, 5) is 51.1. The number of thioether (sulfide) groups is 1. The van der Waals surface area contributed by atoms with E-state index in [9.17, 15) is 19.2 Å². The topological polar surface area (TPSA) is 114 Å². The molecule has 0 spiro atoms. The molecule has 0 radical (unpaired) electrons. The van der Waals surface area contributed by atoms with Crippen LogP contribution in [0.15, 0.2) is 24.3 Å². The van der Waals surface area contributed by atoms with Crippen LogP contribution in [0.5, 0.6) is 0 Å². The summed E-state index contributed by atoms with van der Waals surface area (Å²) in [6.07, 6.45) is 0. The van der Waals surface area contributed by atoms with Gasteiger partial charge in [0.2, 0.25) is 15.6 Å². The highest BCUT2D eigenvalue weighted by Crippen LogP contribution is 2.51. The third kappa shape index (κ3) is 5.62. The molecule has 2 unspecified atom stereocenters. The number of carbonyl (C=O) groups is 4. The Bertz CT molecular complexity index is 971. The molecule has 9 nitrogen and oxygen atoms in total. The van der Waals surface area contributed by atoms with Crippen molar-refractivity contribution >= 4 is 76.0 Å². The van der Waals surface area contributed by atoms with E-state index >= 15 is 0 Å². The first-order chi connectivity index (χ1) is 15.4. The Morgan fingerprint density at radius 2 is 1.88 bits per heavy atom. The van der Waals surface area contributed by atoms with E-state index in [-0.39, 0.29) is 23.4 Å². The maximum Gasteiger partial charge on any atom is 0.340 e. The summed E-state index contributed by atoms with van der Waals surface area (Å²) in [6.45, 7) is 3.06. The number of anilines is 1. The Balaban J connectivity index is 1.59. The summed E-state index contributed by atoms with van der Waals surface area (Å²) in [6, 6.07) is 4.90. The van der Waals surface area contributed by atoms with Gasteiger partial charge in [0.05, 0.1) is 19.2 Å². The Morgan fingerprint density at radius 1 is 1.21 bits per heavy atom. The van der Waals surface area contributed by atoms with Gasteiger partial charge in [-0.3, -0.25) is 9.59 Å².